The van der Waals surface area contributed by atoms with Crippen LogP contribution >= 0.6 is 23.4 Å². The molecule has 1 N–H and O–H groups in total. The van der Waals surface area contributed by atoms with Crippen molar-refractivity contribution >= 4 is 55.6 Å². The first-order valence-electron chi connectivity index (χ1n) is 9.45. The quantitative estimate of drug-likeness (QED) is 0.680. The smallest absolute Gasteiger partial charge is 0.325 e. The maximum Gasteiger partial charge on any atom is 0.416 e. The summed E-state index contributed by atoms with van der Waals surface area (Å²) in [4.78, 5) is 18.8. The fourth-order valence-corrected chi connectivity index (χ4v) is 7.47. The van der Waals surface area contributed by atoms with Gasteiger partial charge in [-0.1, -0.05) is 35.5 Å². The second kappa shape index (κ2) is 8.60. The second-order valence-electron chi connectivity index (χ2n) is 7.40. The highest BCUT2D eigenvalue weighted by atomic mass is 35.5. The average Bonchev–Trinajstić information content (AvgIpc) is 3.19. The Balaban J connectivity index is 1.56. The summed E-state index contributed by atoms with van der Waals surface area (Å²) >= 11 is 7.37. The molecule has 2 aromatic carbocycles. The zero-order valence-corrected chi connectivity index (χ0v) is 18.7. The van der Waals surface area contributed by atoms with Crippen molar-refractivity contribution in [2.75, 3.05) is 28.3 Å². The van der Waals surface area contributed by atoms with Crippen molar-refractivity contribution in [1.82, 2.24) is 0 Å². The van der Waals surface area contributed by atoms with E-state index < -0.39 is 33.5 Å². The molecule has 2 atom stereocenters. The van der Waals surface area contributed by atoms with Crippen LogP contribution in [0.2, 0.25) is 5.02 Å². The molecule has 1 amide bonds. The normalized spacial score (nSPS) is 21.7. The topological polar surface area (TPSA) is 78.8 Å². The van der Waals surface area contributed by atoms with Crippen LogP contribution in [0.15, 0.2) is 53.5 Å². The Kier molecular flexibility index (Phi) is 6.17. The highest BCUT2D eigenvalue weighted by Gasteiger charge is 2.44. The van der Waals surface area contributed by atoms with Crippen molar-refractivity contribution in [3.8, 4) is 0 Å². The van der Waals surface area contributed by atoms with E-state index in [0.29, 0.717) is 15.9 Å². The zero-order valence-electron chi connectivity index (χ0n) is 16.3. The number of nitrogens with zero attached hydrogens (tertiary/aromatic N) is 2. The number of amidine groups is 1. The summed E-state index contributed by atoms with van der Waals surface area (Å²) in [5, 5.41) is 3.15. The minimum absolute atomic E-state index is 0.00908. The molecule has 0 aromatic heterocycles. The number of hydrogen-bond acceptors (Lipinski definition) is 6. The van der Waals surface area contributed by atoms with Crippen LogP contribution in [0, 0.1) is 0 Å². The van der Waals surface area contributed by atoms with Crippen LogP contribution in [0.3, 0.4) is 0 Å². The van der Waals surface area contributed by atoms with E-state index in [2.05, 4.69) is 10.3 Å². The molecule has 0 saturated carbocycles. The van der Waals surface area contributed by atoms with Gasteiger partial charge in [0.25, 0.3) is 0 Å². The summed E-state index contributed by atoms with van der Waals surface area (Å²) in [5.74, 6) is -0.597. The van der Waals surface area contributed by atoms with Crippen molar-refractivity contribution in [2.45, 2.75) is 17.5 Å². The molecule has 6 nitrogen and oxygen atoms in total. The monoisotopic (exact) mass is 503 g/mol. The average molecular weight is 504 g/mol. The number of halogens is 4. The molecule has 2 aliphatic heterocycles. The minimum atomic E-state index is -4.53. The number of sulfone groups is 1. The molecule has 4 rings (SSSR count). The first kappa shape index (κ1) is 22.9. The van der Waals surface area contributed by atoms with E-state index in [4.69, 9.17) is 11.6 Å². The molecule has 0 spiro atoms. The van der Waals surface area contributed by atoms with Crippen LogP contribution in [0.25, 0.3) is 0 Å². The summed E-state index contributed by atoms with van der Waals surface area (Å²) in [6.07, 6.45) is -4.53. The lowest BCUT2D eigenvalue weighted by molar-refractivity contribution is -0.137. The molecule has 12 heteroatoms. The van der Waals surface area contributed by atoms with Crippen LogP contribution in [-0.4, -0.2) is 48.8 Å². The molecule has 2 aromatic rings. The van der Waals surface area contributed by atoms with Gasteiger partial charge in [0, 0.05) is 21.6 Å². The molecular weight excluding hydrogens is 487 g/mol. The Bertz CT molecular complexity index is 1190. The molecule has 1 saturated heterocycles. The van der Waals surface area contributed by atoms with Crippen LogP contribution in [0.4, 0.5) is 24.5 Å². The number of alkyl halides is 3. The van der Waals surface area contributed by atoms with Gasteiger partial charge >= 0.3 is 6.18 Å². The van der Waals surface area contributed by atoms with Crippen molar-refractivity contribution in [1.29, 1.82) is 0 Å². The lowest BCUT2D eigenvalue weighted by Crippen LogP contribution is -2.36. The van der Waals surface area contributed by atoms with Crippen LogP contribution in [0.1, 0.15) is 5.56 Å². The maximum atomic E-state index is 13.0. The summed E-state index contributed by atoms with van der Waals surface area (Å²) < 4.78 is 62.6. The molecule has 170 valence electrons. The number of aliphatic imine (C=N–C) groups is 1. The van der Waals surface area contributed by atoms with Gasteiger partial charge in [-0.05, 0) is 36.4 Å². The molecule has 2 heterocycles. The van der Waals surface area contributed by atoms with Crippen LogP contribution < -0.4 is 10.2 Å². The van der Waals surface area contributed by atoms with E-state index >= 15 is 0 Å². The Morgan fingerprint density at radius 3 is 2.62 bits per heavy atom. The molecule has 0 aliphatic carbocycles. The first-order chi connectivity index (χ1) is 15.0. The second-order valence-corrected chi connectivity index (χ2v) is 11.2. The Labute approximate surface area is 191 Å². The third-order valence-electron chi connectivity index (χ3n) is 4.93. The van der Waals surface area contributed by atoms with E-state index in [1.54, 1.807) is 29.2 Å². The Morgan fingerprint density at radius 1 is 1.19 bits per heavy atom. The largest absolute Gasteiger partial charge is 0.416 e. The van der Waals surface area contributed by atoms with Crippen molar-refractivity contribution in [3.63, 3.8) is 0 Å². The van der Waals surface area contributed by atoms with Gasteiger partial charge in [0.05, 0.1) is 23.1 Å². The molecule has 2 aliphatic rings. The summed E-state index contributed by atoms with van der Waals surface area (Å²) in [6, 6.07) is 10.7. The van der Waals surface area contributed by atoms with Gasteiger partial charge in [-0.2, -0.15) is 13.2 Å². The van der Waals surface area contributed by atoms with E-state index in [1.165, 1.54) is 23.9 Å². The number of carbonyl (C=O) groups excluding carboxylic acids is 1. The van der Waals surface area contributed by atoms with Crippen LogP contribution in [0.5, 0.6) is 0 Å². The molecule has 0 radical (unpaired) electrons. The number of fused-ring (bicyclic) bond motifs is 1. The van der Waals surface area contributed by atoms with Crippen molar-refractivity contribution < 1.29 is 26.4 Å². The van der Waals surface area contributed by atoms with Gasteiger partial charge in [0.2, 0.25) is 5.91 Å². The van der Waals surface area contributed by atoms with Gasteiger partial charge in [0.1, 0.15) is 6.54 Å². The highest BCUT2D eigenvalue weighted by molar-refractivity contribution is 8.15. The predicted molar refractivity (Wildman–Crippen MR) is 120 cm³/mol. The number of rotatable bonds is 4. The lowest BCUT2D eigenvalue weighted by atomic mass is 10.2. The number of thioether (sulfide) groups is 1. The number of anilines is 2. The van der Waals surface area contributed by atoms with Gasteiger partial charge in [-0.25, -0.2) is 8.42 Å². The Morgan fingerprint density at radius 2 is 1.94 bits per heavy atom. The van der Waals surface area contributed by atoms with Gasteiger partial charge in [0.15, 0.2) is 15.0 Å². The molecule has 32 heavy (non-hydrogen) atoms. The van der Waals surface area contributed by atoms with Crippen molar-refractivity contribution in [2.24, 2.45) is 4.99 Å². The summed E-state index contributed by atoms with van der Waals surface area (Å²) in [5.41, 5.74) is -0.294. The molecule has 0 bridgehead atoms. The number of amides is 1. The first-order valence-corrected chi connectivity index (χ1v) is 12.5. The maximum absolute atomic E-state index is 13.0. The van der Waals surface area contributed by atoms with Gasteiger partial charge < -0.3 is 10.2 Å². The van der Waals surface area contributed by atoms with E-state index in [9.17, 15) is 26.4 Å². The molecule has 1 fully saturated rings. The zero-order chi connectivity index (χ0) is 23.1. The highest BCUT2D eigenvalue weighted by Crippen LogP contribution is 2.37. The van der Waals surface area contributed by atoms with Gasteiger partial charge in [-0.3, -0.25) is 9.79 Å². The van der Waals surface area contributed by atoms with Gasteiger partial charge in [-0.15, -0.1) is 0 Å². The third kappa shape index (κ3) is 5.21. The molecular formula is C20H17ClF3N3O3S2. The number of benzene rings is 2. The number of hydrogen-bond donors (Lipinski definition) is 1. The predicted octanol–water partition coefficient (Wildman–Crippen LogP) is 4.07. The van der Waals surface area contributed by atoms with Crippen LogP contribution in [-0.2, 0) is 20.8 Å². The summed E-state index contributed by atoms with van der Waals surface area (Å²) in [6.45, 7) is -0.241. The third-order valence-corrected chi connectivity index (χ3v) is 8.41. The van der Waals surface area contributed by atoms with E-state index in [1.807, 2.05) is 0 Å². The Hall–Kier alpha value is -2.24. The number of nitrogens with one attached hydrogen (secondary N) is 1. The van der Waals surface area contributed by atoms with Crippen molar-refractivity contribution in [3.05, 3.63) is 59.1 Å². The van der Waals surface area contributed by atoms with E-state index in [-0.39, 0.29) is 29.0 Å². The number of carbonyl (C=O) groups is 1. The summed E-state index contributed by atoms with van der Waals surface area (Å²) in [7, 11) is -3.14. The SMILES string of the molecule is O=C(CN(C1=N[C@H]2CS(=O)(=O)C[C@H]2S1)c1cccc(Cl)c1)Nc1cccc(C(F)(F)F)c1. The standard InChI is InChI=1S/C20H17ClF3N3O3S2/c21-13-4-2-6-15(8-13)27(19-26-16-10-32(29,30)11-17(16)31-19)9-18(28)25-14-5-1-3-12(7-14)20(22,23)24/h1-8,16-17H,9-11H2,(H,25,28)/t16-,17+/m0/s1. The lowest BCUT2D eigenvalue weighted by Gasteiger charge is -2.24. The minimum Gasteiger partial charge on any atom is -0.325 e. The van der Waals surface area contributed by atoms with E-state index in [0.717, 1.165) is 12.1 Å². The fourth-order valence-electron chi connectivity index (χ4n) is 3.50. The molecule has 0 unspecified atom stereocenters. The fraction of sp³-hybridized carbons (Fsp3) is 0.300.